The molecule has 146 valence electrons. The second kappa shape index (κ2) is 5.77. The minimum absolute atomic E-state index is 0.0994. The predicted octanol–water partition coefficient (Wildman–Crippen LogP) is 5.79. The molecule has 2 heterocycles. The van der Waals surface area contributed by atoms with E-state index in [1.165, 1.54) is 6.07 Å². The molecule has 0 bridgehead atoms. The fourth-order valence-electron chi connectivity index (χ4n) is 4.98. The summed E-state index contributed by atoms with van der Waals surface area (Å²) >= 11 is 0. The van der Waals surface area contributed by atoms with Gasteiger partial charge in [-0.1, -0.05) is 64.9 Å². The molecule has 1 aliphatic carbocycles. The van der Waals surface area contributed by atoms with Crippen LogP contribution in [0.15, 0.2) is 18.3 Å². The number of fused-ring (bicyclic) bond motifs is 1. The molecule has 0 spiro atoms. The van der Waals surface area contributed by atoms with Gasteiger partial charge in [0.1, 0.15) is 5.52 Å². The molecule has 2 fully saturated rings. The molecule has 4 rings (SSSR count). The molecular weight excluding hydrogens is 348 g/mol. The number of nitrogens with zero attached hydrogens (tertiary/aromatic N) is 2. The van der Waals surface area contributed by atoms with Crippen LogP contribution in [0.3, 0.4) is 0 Å². The molecular formula is C21H28BF3N2. The SMILES string of the molecule is CC1CC(n2cc3cc(B4CC(C)(C)C(C)(C)C4)cc(C(F)(F)F)c3n2)C1. The molecule has 1 aromatic heterocycles. The zero-order valence-electron chi connectivity index (χ0n) is 16.8. The molecule has 6 heteroatoms. The maximum atomic E-state index is 13.8. The van der Waals surface area contributed by atoms with Crippen LogP contribution in [-0.4, -0.2) is 16.5 Å². The molecule has 1 aromatic carbocycles. The number of benzene rings is 1. The summed E-state index contributed by atoms with van der Waals surface area (Å²) in [6.07, 6.45) is 1.26. The Morgan fingerprint density at radius 2 is 1.67 bits per heavy atom. The van der Waals surface area contributed by atoms with Crippen molar-refractivity contribution in [2.45, 2.75) is 72.3 Å². The highest BCUT2D eigenvalue weighted by atomic mass is 19.4. The van der Waals surface area contributed by atoms with Crippen LogP contribution >= 0.6 is 0 Å². The van der Waals surface area contributed by atoms with Crippen LogP contribution in [0.4, 0.5) is 13.2 Å². The summed E-state index contributed by atoms with van der Waals surface area (Å²) in [5.41, 5.74) is 0.551. The second-order valence-electron chi connectivity index (χ2n) is 10.2. The largest absolute Gasteiger partial charge is 0.418 e. The Morgan fingerprint density at radius 3 is 2.19 bits per heavy atom. The van der Waals surface area contributed by atoms with Crippen molar-refractivity contribution in [1.29, 1.82) is 0 Å². The van der Waals surface area contributed by atoms with Gasteiger partial charge in [-0.3, -0.25) is 4.68 Å². The van der Waals surface area contributed by atoms with Gasteiger partial charge in [0.25, 0.3) is 0 Å². The van der Waals surface area contributed by atoms with Crippen molar-refractivity contribution in [3.8, 4) is 0 Å². The maximum Gasteiger partial charge on any atom is 0.418 e. The Labute approximate surface area is 159 Å². The predicted molar refractivity (Wildman–Crippen MR) is 105 cm³/mol. The standard InChI is InChI=1S/C21H28BF3N2/c1-13-6-16(7-13)27-10-14-8-15(9-17(18(14)26-27)21(23,24)25)22-11-19(2,3)20(4,5)12-22/h8-10,13,16H,6-7,11-12H2,1-5H3. The summed E-state index contributed by atoms with van der Waals surface area (Å²) < 4.78 is 43.2. The van der Waals surface area contributed by atoms with Crippen molar-refractivity contribution in [1.82, 2.24) is 9.78 Å². The van der Waals surface area contributed by atoms with E-state index in [0.29, 0.717) is 11.3 Å². The lowest BCUT2D eigenvalue weighted by molar-refractivity contribution is -0.136. The van der Waals surface area contributed by atoms with Gasteiger partial charge in [-0.2, -0.15) is 18.3 Å². The smallest absolute Gasteiger partial charge is 0.268 e. The first-order valence-corrected chi connectivity index (χ1v) is 9.97. The molecule has 1 saturated heterocycles. The molecule has 1 saturated carbocycles. The van der Waals surface area contributed by atoms with Crippen molar-refractivity contribution < 1.29 is 13.2 Å². The molecule has 2 aliphatic rings. The number of hydrogen-bond acceptors (Lipinski definition) is 1. The summed E-state index contributed by atoms with van der Waals surface area (Å²) in [4.78, 5) is 0. The molecule has 0 atom stereocenters. The van der Waals surface area contributed by atoms with E-state index in [1.807, 2.05) is 12.3 Å². The normalized spacial score (nSPS) is 27.2. The number of hydrogen-bond donors (Lipinski definition) is 0. The molecule has 0 unspecified atom stereocenters. The van der Waals surface area contributed by atoms with Crippen LogP contribution in [0.2, 0.25) is 12.6 Å². The van der Waals surface area contributed by atoms with E-state index in [2.05, 4.69) is 39.7 Å². The third-order valence-corrected chi connectivity index (χ3v) is 7.49. The Kier molecular flexibility index (Phi) is 4.04. The molecule has 1 aliphatic heterocycles. The third-order valence-electron chi connectivity index (χ3n) is 7.49. The van der Waals surface area contributed by atoms with E-state index in [1.54, 1.807) is 4.68 Å². The van der Waals surface area contributed by atoms with Crippen molar-refractivity contribution >= 4 is 23.1 Å². The van der Waals surface area contributed by atoms with Crippen molar-refractivity contribution in [3.63, 3.8) is 0 Å². The van der Waals surface area contributed by atoms with Gasteiger partial charge in [0, 0.05) is 11.6 Å². The summed E-state index contributed by atoms with van der Waals surface area (Å²) in [7, 11) is 0. The van der Waals surface area contributed by atoms with Crippen molar-refractivity contribution in [3.05, 3.63) is 23.9 Å². The highest BCUT2D eigenvalue weighted by molar-refractivity contribution is 6.74. The Bertz CT molecular complexity index is 859. The minimum Gasteiger partial charge on any atom is -0.268 e. The zero-order valence-corrected chi connectivity index (χ0v) is 16.8. The average molecular weight is 376 g/mol. The third kappa shape index (κ3) is 3.09. The molecule has 0 amide bonds. The molecule has 2 aromatic rings. The number of rotatable bonds is 2. The van der Waals surface area contributed by atoms with E-state index in [0.717, 1.165) is 30.9 Å². The van der Waals surface area contributed by atoms with Gasteiger partial charge in [0.15, 0.2) is 6.71 Å². The lowest BCUT2D eigenvalue weighted by atomic mass is 9.42. The minimum atomic E-state index is -4.38. The van der Waals surface area contributed by atoms with Crippen LogP contribution in [0.5, 0.6) is 0 Å². The van der Waals surface area contributed by atoms with Gasteiger partial charge in [0.2, 0.25) is 0 Å². The maximum absolute atomic E-state index is 13.8. The van der Waals surface area contributed by atoms with Gasteiger partial charge in [0.05, 0.1) is 11.6 Å². The Morgan fingerprint density at radius 1 is 1.07 bits per heavy atom. The summed E-state index contributed by atoms with van der Waals surface area (Å²) in [6, 6.07) is 3.56. The Hall–Kier alpha value is -1.46. The molecule has 0 N–H and O–H groups in total. The fourth-order valence-corrected chi connectivity index (χ4v) is 4.98. The van der Waals surface area contributed by atoms with E-state index < -0.39 is 11.7 Å². The van der Waals surface area contributed by atoms with E-state index in [4.69, 9.17) is 0 Å². The molecule has 0 radical (unpaired) electrons. The first-order chi connectivity index (χ1) is 12.4. The fraction of sp³-hybridized carbons (Fsp3) is 0.667. The van der Waals surface area contributed by atoms with Gasteiger partial charge in [-0.25, -0.2) is 0 Å². The topological polar surface area (TPSA) is 17.8 Å². The number of alkyl halides is 3. The summed E-state index contributed by atoms with van der Waals surface area (Å²) in [5, 5.41) is 4.98. The van der Waals surface area contributed by atoms with Crippen LogP contribution in [-0.2, 0) is 6.18 Å². The number of halogens is 3. The summed E-state index contributed by atoms with van der Waals surface area (Å²) in [6.45, 7) is 11.2. The van der Waals surface area contributed by atoms with Crippen molar-refractivity contribution in [2.24, 2.45) is 16.7 Å². The first-order valence-electron chi connectivity index (χ1n) is 9.97. The Balaban J connectivity index is 1.79. The molecule has 27 heavy (non-hydrogen) atoms. The van der Waals surface area contributed by atoms with Gasteiger partial charge in [-0.15, -0.1) is 0 Å². The van der Waals surface area contributed by atoms with E-state index in [9.17, 15) is 13.2 Å². The molecule has 2 nitrogen and oxygen atoms in total. The number of aromatic nitrogens is 2. The van der Waals surface area contributed by atoms with Gasteiger partial charge in [-0.05, 0) is 29.6 Å². The van der Waals surface area contributed by atoms with Crippen LogP contribution in [0, 0.1) is 16.7 Å². The van der Waals surface area contributed by atoms with E-state index >= 15 is 0 Å². The average Bonchev–Trinajstić information content (AvgIpc) is 3.00. The van der Waals surface area contributed by atoms with Gasteiger partial charge >= 0.3 is 6.18 Å². The lowest BCUT2D eigenvalue weighted by Crippen LogP contribution is -2.29. The second-order valence-corrected chi connectivity index (χ2v) is 10.2. The van der Waals surface area contributed by atoms with Crippen LogP contribution in [0.1, 0.15) is 59.1 Å². The highest BCUT2D eigenvalue weighted by Gasteiger charge is 2.48. The van der Waals surface area contributed by atoms with Crippen molar-refractivity contribution in [2.75, 3.05) is 0 Å². The monoisotopic (exact) mass is 376 g/mol. The van der Waals surface area contributed by atoms with Gasteiger partial charge < -0.3 is 0 Å². The van der Waals surface area contributed by atoms with Crippen LogP contribution < -0.4 is 5.46 Å². The zero-order chi connectivity index (χ0) is 19.8. The quantitative estimate of drug-likeness (QED) is 0.607. The van der Waals surface area contributed by atoms with Crippen LogP contribution in [0.25, 0.3) is 10.9 Å². The summed E-state index contributed by atoms with van der Waals surface area (Å²) in [5.74, 6) is 0.628. The highest BCUT2D eigenvalue weighted by Crippen LogP contribution is 2.53. The van der Waals surface area contributed by atoms with E-state index in [-0.39, 0.29) is 29.1 Å². The lowest BCUT2D eigenvalue weighted by Gasteiger charge is -2.35. The first kappa shape index (κ1) is 18.9.